The van der Waals surface area contributed by atoms with Crippen LogP contribution in [0.2, 0.25) is 14.8 Å². The first-order chi connectivity index (χ1) is 9.30. The van der Waals surface area contributed by atoms with E-state index in [4.69, 9.17) is 6.15 Å². The molecule has 0 aromatic carbocycles. The molecular formula is C12H21NO4SSn2. The monoisotopic (exact) mass is 515 g/mol. The van der Waals surface area contributed by atoms with E-state index < -0.39 is 25.1 Å². The third-order valence-electron chi connectivity index (χ3n) is 2.71. The Hall–Kier alpha value is 0.747. The van der Waals surface area contributed by atoms with Gasteiger partial charge in [0.25, 0.3) is 0 Å². The number of rotatable bonds is 8. The molecule has 2 unspecified atom stereocenters. The first kappa shape index (κ1) is 18.8. The molecular weight excluding hydrogens is 492 g/mol. The molecule has 1 heterocycles. The number of thioether (sulfide) groups is 1. The summed E-state index contributed by atoms with van der Waals surface area (Å²) < 4.78 is 11.7. The number of hydrogen-bond acceptors (Lipinski definition) is 5. The Morgan fingerprint density at radius 3 is 2.25 bits per heavy atom. The molecule has 0 N–H and O–H groups in total. The maximum absolute atomic E-state index is 11.9. The molecule has 0 fully saturated rings. The fraction of sp³-hybridized carbons (Fsp3) is 0.667. The first-order valence-electron chi connectivity index (χ1n) is 6.37. The van der Waals surface area contributed by atoms with Crippen molar-refractivity contribution in [3.63, 3.8) is 0 Å². The molecule has 8 heteroatoms. The van der Waals surface area contributed by atoms with E-state index in [1.807, 2.05) is 6.26 Å². The molecule has 0 bridgehead atoms. The van der Waals surface area contributed by atoms with Gasteiger partial charge in [-0.05, 0) is 0 Å². The summed E-state index contributed by atoms with van der Waals surface area (Å²) in [6.45, 7) is 0. The Balaban J connectivity index is 2.92. The second-order valence-corrected chi connectivity index (χ2v) is 20.0. The van der Waals surface area contributed by atoms with Gasteiger partial charge in [-0.1, -0.05) is 0 Å². The third-order valence-corrected chi connectivity index (χ3v) is 6.80. The minimum absolute atomic E-state index is 0.267. The summed E-state index contributed by atoms with van der Waals surface area (Å²) in [5.41, 5.74) is 0. The molecule has 0 saturated heterocycles. The zero-order chi connectivity index (χ0) is 15.3. The summed E-state index contributed by atoms with van der Waals surface area (Å²) in [7, 11) is 0. The molecule has 2 radical (unpaired) electrons. The van der Waals surface area contributed by atoms with E-state index in [9.17, 15) is 9.59 Å². The Labute approximate surface area is 142 Å². The van der Waals surface area contributed by atoms with Crippen molar-refractivity contribution < 1.29 is 15.7 Å². The molecule has 20 heavy (non-hydrogen) atoms. The van der Waals surface area contributed by atoms with Crippen LogP contribution < -0.4 is 0 Å². The Morgan fingerprint density at radius 2 is 1.85 bits per heavy atom. The van der Waals surface area contributed by atoms with Crippen molar-refractivity contribution >= 4 is 65.3 Å². The van der Waals surface area contributed by atoms with Gasteiger partial charge in [-0.25, -0.2) is 0 Å². The Bertz CT molecular complexity index is 379. The molecule has 0 aliphatic carbocycles. The van der Waals surface area contributed by atoms with Gasteiger partial charge >= 0.3 is 144 Å². The van der Waals surface area contributed by atoms with Gasteiger partial charge < -0.3 is 0 Å². The molecule has 1 rings (SSSR count). The zero-order valence-corrected chi connectivity index (χ0v) is 19.3. The van der Waals surface area contributed by atoms with Gasteiger partial charge in [0.1, 0.15) is 0 Å². The molecule has 2 amide bonds. The minimum atomic E-state index is -2.55. The maximum atomic E-state index is 11.9. The fourth-order valence-corrected chi connectivity index (χ4v) is 6.56. The van der Waals surface area contributed by atoms with Crippen LogP contribution in [0.5, 0.6) is 0 Å². The van der Waals surface area contributed by atoms with Gasteiger partial charge in [-0.15, -0.1) is 0 Å². The van der Waals surface area contributed by atoms with Crippen molar-refractivity contribution in [2.75, 3.05) is 12.0 Å². The molecule has 0 spiro atoms. The second kappa shape index (κ2) is 8.40. The van der Waals surface area contributed by atoms with Gasteiger partial charge in [0.2, 0.25) is 0 Å². The van der Waals surface area contributed by atoms with E-state index in [2.05, 4.69) is 14.8 Å². The number of carbonyl (C=O) groups is 2. The average Bonchev–Trinajstić information content (AvgIpc) is 2.68. The van der Waals surface area contributed by atoms with E-state index in [1.165, 1.54) is 17.1 Å². The van der Waals surface area contributed by atoms with E-state index >= 15 is 0 Å². The van der Waals surface area contributed by atoms with E-state index in [0.717, 1.165) is 5.75 Å². The van der Waals surface area contributed by atoms with Crippen LogP contribution in [0, 0.1) is 0 Å². The van der Waals surface area contributed by atoms with Crippen molar-refractivity contribution in [3.05, 3.63) is 12.2 Å². The summed E-state index contributed by atoms with van der Waals surface area (Å²) in [6.07, 6.45) is 4.85. The zero-order valence-electron chi connectivity index (χ0n) is 12.3. The van der Waals surface area contributed by atoms with Crippen LogP contribution in [0.15, 0.2) is 12.2 Å². The number of imide groups is 1. The molecule has 1 aliphatic heterocycles. The number of carbonyl (C=O) groups excluding carboxylic acids is 2. The van der Waals surface area contributed by atoms with E-state index in [0.29, 0.717) is 29.4 Å². The van der Waals surface area contributed by atoms with Crippen LogP contribution in [0.4, 0.5) is 0 Å². The molecule has 0 aromatic heterocycles. The van der Waals surface area contributed by atoms with Gasteiger partial charge in [0.05, 0.1) is 0 Å². The molecule has 1 aliphatic rings. The van der Waals surface area contributed by atoms with E-state index in [-0.39, 0.29) is 17.9 Å². The Morgan fingerprint density at radius 1 is 1.30 bits per heavy atom. The van der Waals surface area contributed by atoms with Crippen molar-refractivity contribution in [2.45, 2.75) is 33.6 Å². The Kier molecular flexibility index (Phi) is 7.89. The predicted octanol–water partition coefficient (Wildman–Crippen LogP) is 1.04. The van der Waals surface area contributed by atoms with Crippen LogP contribution in [0.25, 0.3) is 0 Å². The fourth-order valence-electron chi connectivity index (χ4n) is 1.91. The van der Waals surface area contributed by atoms with Crippen LogP contribution in [-0.2, 0) is 15.7 Å². The topological polar surface area (TPSA) is 55.8 Å². The number of amides is 2. The van der Waals surface area contributed by atoms with Crippen molar-refractivity contribution in [3.8, 4) is 0 Å². The summed E-state index contributed by atoms with van der Waals surface area (Å²) in [5.74, 6) is 0.318. The van der Waals surface area contributed by atoms with E-state index in [1.54, 1.807) is 11.8 Å². The van der Waals surface area contributed by atoms with Gasteiger partial charge in [-0.3, -0.25) is 0 Å². The van der Waals surface area contributed by atoms with Gasteiger partial charge in [0, 0.05) is 0 Å². The van der Waals surface area contributed by atoms with Gasteiger partial charge in [-0.2, -0.15) is 0 Å². The predicted molar refractivity (Wildman–Crippen MR) is 84.2 cm³/mol. The average molecular weight is 513 g/mol. The molecule has 0 aromatic rings. The van der Waals surface area contributed by atoms with Crippen LogP contribution in [-0.4, -0.2) is 82.8 Å². The summed E-state index contributed by atoms with van der Waals surface area (Å²) >= 11 is -0.283. The third kappa shape index (κ3) is 5.51. The van der Waals surface area contributed by atoms with Crippen LogP contribution in [0.3, 0.4) is 0 Å². The molecule has 0 saturated carbocycles. The van der Waals surface area contributed by atoms with Crippen LogP contribution in [0.1, 0.15) is 6.42 Å². The number of nitrogens with zero attached hydrogens (tertiary/aromatic N) is 1. The SMILES string of the molecule is CSCCC(C([O][SnH])[O][Sn]([CH3])([CH3])[CH3])N1C(=O)C=CC1=O. The van der Waals surface area contributed by atoms with Crippen molar-refractivity contribution in [1.29, 1.82) is 0 Å². The molecule has 112 valence electrons. The standard InChI is InChI=1S/C9H11NO4S.3CH3.2Sn.H/c1-15-5-4-6(9(13)14)10-7(11)2-3-8(10)12;;;;;;/h2-3,6,9H,4-5H2,1H3;3*1H3;;;/q-2;;;;2*+1;. The summed E-state index contributed by atoms with van der Waals surface area (Å²) in [6, 6.07) is -0.330. The normalized spacial score (nSPS) is 18.8. The quantitative estimate of drug-likeness (QED) is 0.276. The van der Waals surface area contributed by atoms with Gasteiger partial charge in [0.15, 0.2) is 0 Å². The van der Waals surface area contributed by atoms with Crippen molar-refractivity contribution in [1.82, 2.24) is 4.90 Å². The molecule has 5 nitrogen and oxygen atoms in total. The molecule has 2 atom stereocenters. The first-order valence-corrected chi connectivity index (χ1v) is 18.8. The summed E-state index contributed by atoms with van der Waals surface area (Å²) in [4.78, 5) is 31.5. The summed E-state index contributed by atoms with van der Waals surface area (Å²) in [5, 5.41) is 0. The second-order valence-electron chi connectivity index (χ2n) is 5.46. The van der Waals surface area contributed by atoms with Crippen LogP contribution >= 0.6 is 11.8 Å². The number of hydrogen-bond donors (Lipinski definition) is 0. The van der Waals surface area contributed by atoms with Crippen molar-refractivity contribution in [2.24, 2.45) is 0 Å².